The summed E-state index contributed by atoms with van der Waals surface area (Å²) in [5, 5.41) is 5.86. The maximum Gasteiger partial charge on any atom is 0.261 e. The van der Waals surface area contributed by atoms with Gasteiger partial charge in [-0.3, -0.25) is 14.9 Å². The minimum Gasteiger partial charge on any atom is -0.493 e. The predicted octanol–water partition coefficient (Wildman–Crippen LogP) is 5.50. The van der Waals surface area contributed by atoms with Gasteiger partial charge in [-0.25, -0.2) is 0 Å². The Kier molecular flexibility index (Phi) is 10.8. The van der Waals surface area contributed by atoms with Crippen molar-refractivity contribution in [2.45, 2.75) is 47.0 Å². The molecule has 2 rings (SSSR count). The Balaban J connectivity index is 2.03. The maximum absolute atomic E-state index is 12.9. The number of nitrogens with one attached hydrogen (secondary N) is 2. The van der Waals surface area contributed by atoms with E-state index in [0.29, 0.717) is 35.1 Å². The largest absolute Gasteiger partial charge is 0.493 e. The summed E-state index contributed by atoms with van der Waals surface area (Å²) in [5.41, 5.74) is 1.64. The number of anilines is 1. The van der Waals surface area contributed by atoms with Gasteiger partial charge in [0.25, 0.3) is 11.8 Å². The van der Waals surface area contributed by atoms with E-state index in [4.69, 9.17) is 17.0 Å². The lowest BCUT2D eigenvalue weighted by Gasteiger charge is -2.22. The Labute approximate surface area is 202 Å². The monoisotopic (exact) mass is 469 g/mol. The lowest BCUT2D eigenvalue weighted by molar-refractivity contribution is 0.0755. The van der Waals surface area contributed by atoms with E-state index >= 15 is 0 Å². The molecule has 2 N–H and O–H groups in total. The van der Waals surface area contributed by atoms with Crippen molar-refractivity contribution in [2.75, 3.05) is 25.0 Å². The molecular weight excluding hydrogens is 434 g/mol. The first-order valence-electron chi connectivity index (χ1n) is 11.6. The molecule has 0 aliphatic heterocycles. The quantitative estimate of drug-likeness (QED) is 0.425. The van der Waals surface area contributed by atoms with E-state index in [0.717, 1.165) is 32.4 Å². The zero-order valence-corrected chi connectivity index (χ0v) is 20.8. The number of nitrogens with zero attached hydrogens (tertiary/aromatic N) is 1. The van der Waals surface area contributed by atoms with Crippen molar-refractivity contribution < 1.29 is 14.3 Å². The molecule has 33 heavy (non-hydrogen) atoms. The molecule has 7 heteroatoms. The average molecular weight is 470 g/mol. The van der Waals surface area contributed by atoms with Crippen LogP contribution in [0.1, 0.15) is 67.7 Å². The fraction of sp³-hybridized carbons (Fsp3) is 0.423. The average Bonchev–Trinajstić information content (AvgIpc) is 2.78. The topological polar surface area (TPSA) is 70.7 Å². The number of rotatable bonds is 11. The number of thiocarbonyl (C=S) groups is 1. The molecule has 0 fully saturated rings. The normalized spacial score (nSPS) is 10.6. The number of hydrogen-bond acceptors (Lipinski definition) is 4. The zero-order chi connectivity index (χ0) is 24.2. The Hall–Kier alpha value is -2.93. The number of para-hydroxylation sites is 1. The molecule has 0 bridgehead atoms. The Morgan fingerprint density at radius 2 is 1.73 bits per heavy atom. The van der Waals surface area contributed by atoms with Gasteiger partial charge in [-0.1, -0.05) is 45.9 Å². The van der Waals surface area contributed by atoms with Crippen molar-refractivity contribution in [3.8, 4) is 5.75 Å². The van der Waals surface area contributed by atoms with Crippen LogP contribution in [0.5, 0.6) is 5.75 Å². The number of carbonyl (C=O) groups is 2. The summed E-state index contributed by atoms with van der Waals surface area (Å²) in [6, 6.07) is 14.3. The summed E-state index contributed by atoms with van der Waals surface area (Å²) in [5.74, 6) is 0.682. The van der Waals surface area contributed by atoms with E-state index in [1.807, 2.05) is 17.0 Å². The van der Waals surface area contributed by atoms with E-state index in [-0.39, 0.29) is 16.9 Å². The molecule has 2 aromatic rings. The van der Waals surface area contributed by atoms with Gasteiger partial charge in [0.05, 0.1) is 12.2 Å². The van der Waals surface area contributed by atoms with Gasteiger partial charge in [-0.15, -0.1) is 0 Å². The minimum absolute atomic E-state index is 0.00947. The summed E-state index contributed by atoms with van der Waals surface area (Å²) in [7, 11) is 0. The summed E-state index contributed by atoms with van der Waals surface area (Å²) in [4.78, 5) is 27.5. The molecule has 0 saturated carbocycles. The minimum atomic E-state index is -0.350. The van der Waals surface area contributed by atoms with Crippen LogP contribution in [-0.4, -0.2) is 41.5 Å². The lowest BCUT2D eigenvalue weighted by atomic mass is 10.1. The second-order valence-corrected chi connectivity index (χ2v) is 8.72. The van der Waals surface area contributed by atoms with E-state index < -0.39 is 0 Å². The van der Waals surface area contributed by atoms with Crippen LogP contribution in [0.2, 0.25) is 0 Å². The summed E-state index contributed by atoms with van der Waals surface area (Å²) in [6.07, 6.45) is 2.71. The molecule has 0 aliphatic rings. The van der Waals surface area contributed by atoms with Crippen LogP contribution in [0, 0.1) is 5.92 Å². The van der Waals surface area contributed by atoms with Crippen LogP contribution in [0.3, 0.4) is 0 Å². The number of carbonyl (C=O) groups excluding carboxylic acids is 2. The Morgan fingerprint density at radius 3 is 2.39 bits per heavy atom. The van der Waals surface area contributed by atoms with E-state index in [9.17, 15) is 9.59 Å². The third-order valence-electron chi connectivity index (χ3n) is 4.95. The van der Waals surface area contributed by atoms with Gasteiger partial charge in [-0.05, 0) is 67.7 Å². The highest BCUT2D eigenvalue weighted by molar-refractivity contribution is 7.80. The zero-order valence-electron chi connectivity index (χ0n) is 20.0. The number of benzene rings is 2. The summed E-state index contributed by atoms with van der Waals surface area (Å²) >= 11 is 5.34. The Morgan fingerprint density at radius 1 is 1.03 bits per heavy atom. The maximum atomic E-state index is 12.9. The molecule has 0 atom stereocenters. The molecule has 0 aromatic heterocycles. The molecule has 0 radical (unpaired) electrons. The molecule has 0 saturated heterocycles. The van der Waals surface area contributed by atoms with Gasteiger partial charge < -0.3 is 15.0 Å². The van der Waals surface area contributed by atoms with Crippen LogP contribution < -0.4 is 15.4 Å². The predicted molar refractivity (Wildman–Crippen MR) is 138 cm³/mol. The first-order chi connectivity index (χ1) is 15.8. The number of amides is 2. The number of hydrogen-bond donors (Lipinski definition) is 2. The SMILES string of the molecule is CCCN(CCC)C(=O)c1cccc(NC(=S)NC(=O)c2ccccc2OCCC(C)C)c1. The van der Waals surface area contributed by atoms with Crippen molar-refractivity contribution in [3.05, 3.63) is 59.7 Å². The molecule has 0 aliphatic carbocycles. The van der Waals surface area contributed by atoms with Gasteiger partial charge in [0.1, 0.15) is 5.75 Å². The highest BCUT2D eigenvalue weighted by Gasteiger charge is 2.16. The second-order valence-electron chi connectivity index (χ2n) is 8.31. The molecular formula is C26H35N3O3S. The van der Waals surface area contributed by atoms with Crippen LogP contribution >= 0.6 is 12.2 Å². The standard InChI is InChI=1S/C26H35N3O3S/c1-5-15-29(16-6-2)25(31)20-10-9-11-21(18-20)27-26(33)28-24(30)22-12-7-8-13-23(22)32-17-14-19(3)4/h7-13,18-19H,5-6,14-17H2,1-4H3,(H2,27,28,30,33). The third-order valence-corrected chi connectivity index (χ3v) is 5.16. The first kappa shape index (κ1) is 26.3. The van der Waals surface area contributed by atoms with Crippen LogP contribution in [0.15, 0.2) is 48.5 Å². The Bertz CT molecular complexity index is 940. The van der Waals surface area contributed by atoms with Crippen molar-refractivity contribution in [1.82, 2.24) is 10.2 Å². The first-order valence-corrected chi connectivity index (χ1v) is 12.0. The van der Waals surface area contributed by atoms with Crippen LogP contribution in [-0.2, 0) is 0 Å². The lowest BCUT2D eigenvalue weighted by Crippen LogP contribution is -2.34. The highest BCUT2D eigenvalue weighted by atomic mass is 32.1. The van der Waals surface area contributed by atoms with Gasteiger partial charge in [0.2, 0.25) is 0 Å². The van der Waals surface area contributed by atoms with Crippen molar-refractivity contribution in [1.29, 1.82) is 0 Å². The highest BCUT2D eigenvalue weighted by Crippen LogP contribution is 2.19. The number of ether oxygens (including phenoxy) is 1. The van der Waals surface area contributed by atoms with E-state index in [1.54, 1.807) is 36.4 Å². The smallest absolute Gasteiger partial charge is 0.261 e. The fourth-order valence-electron chi connectivity index (χ4n) is 3.28. The second kappa shape index (κ2) is 13.6. The summed E-state index contributed by atoms with van der Waals surface area (Å²) in [6.45, 7) is 10.3. The molecule has 2 amide bonds. The summed E-state index contributed by atoms with van der Waals surface area (Å²) < 4.78 is 5.81. The molecule has 6 nitrogen and oxygen atoms in total. The molecule has 2 aromatic carbocycles. The van der Waals surface area contributed by atoms with Crippen molar-refractivity contribution >= 4 is 34.8 Å². The fourth-order valence-corrected chi connectivity index (χ4v) is 3.50. The molecule has 178 valence electrons. The third kappa shape index (κ3) is 8.50. The van der Waals surface area contributed by atoms with E-state index in [1.165, 1.54) is 0 Å². The molecule has 0 spiro atoms. The van der Waals surface area contributed by atoms with Gasteiger partial charge >= 0.3 is 0 Å². The van der Waals surface area contributed by atoms with Crippen molar-refractivity contribution in [2.24, 2.45) is 5.92 Å². The molecule has 0 heterocycles. The van der Waals surface area contributed by atoms with E-state index in [2.05, 4.69) is 38.3 Å². The van der Waals surface area contributed by atoms with Crippen molar-refractivity contribution in [3.63, 3.8) is 0 Å². The van der Waals surface area contributed by atoms with Gasteiger partial charge in [0, 0.05) is 24.3 Å². The van der Waals surface area contributed by atoms with Crippen LogP contribution in [0.4, 0.5) is 5.69 Å². The molecule has 0 unspecified atom stereocenters. The van der Waals surface area contributed by atoms with Gasteiger partial charge in [0.15, 0.2) is 5.11 Å². The van der Waals surface area contributed by atoms with Crippen LogP contribution in [0.25, 0.3) is 0 Å². The van der Waals surface area contributed by atoms with Gasteiger partial charge in [-0.2, -0.15) is 0 Å².